The van der Waals surface area contributed by atoms with E-state index in [9.17, 15) is 0 Å². The number of imidazole rings is 1. The topological polar surface area (TPSA) is 43.1 Å². The Morgan fingerprint density at radius 1 is 1.38 bits per heavy atom. The van der Waals surface area contributed by atoms with Gasteiger partial charge in [0.05, 0.1) is 12.4 Å². The van der Waals surface area contributed by atoms with Crippen molar-refractivity contribution in [1.29, 1.82) is 0 Å². The van der Waals surface area contributed by atoms with Gasteiger partial charge >= 0.3 is 0 Å². The second kappa shape index (κ2) is 3.45. The molecule has 1 fully saturated rings. The molecule has 0 aliphatic heterocycles. The third-order valence-corrected chi connectivity index (χ3v) is 4.00. The Morgan fingerprint density at radius 3 is 2.75 bits per heavy atom. The second-order valence-corrected chi connectivity index (χ2v) is 5.07. The summed E-state index contributed by atoms with van der Waals surface area (Å²) in [4.78, 5) is 8.78. The first-order chi connectivity index (χ1) is 7.79. The lowest BCUT2D eigenvalue weighted by Crippen LogP contribution is -2.12. The number of nitrogens with zero attached hydrogens (tertiary/aromatic N) is 4. The second-order valence-electron chi connectivity index (χ2n) is 4.30. The molecular weight excluding hydrogens is 220 g/mol. The summed E-state index contributed by atoms with van der Waals surface area (Å²) in [5.74, 6) is 1.11. The molecule has 0 radical (unpaired) electrons. The van der Waals surface area contributed by atoms with Gasteiger partial charge in [-0.05, 0) is 25.5 Å². The highest BCUT2D eigenvalue weighted by molar-refractivity contribution is 7.98. The Hall–Kier alpha value is -1.10. The van der Waals surface area contributed by atoms with Gasteiger partial charge in [-0.15, -0.1) is 5.10 Å². The maximum atomic E-state index is 4.53. The molecule has 0 atom stereocenters. The lowest BCUT2D eigenvalue weighted by Gasteiger charge is -2.10. The van der Waals surface area contributed by atoms with Gasteiger partial charge in [0.25, 0.3) is 0 Å². The zero-order valence-electron chi connectivity index (χ0n) is 9.47. The lowest BCUT2D eigenvalue weighted by molar-refractivity contribution is 0.584. The number of thioether (sulfide) groups is 1. The van der Waals surface area contributed by atoms with Crippen LogP contribution in [0.5, 0.6) is 0 Å². The van der Waals surface area contributed by atoms with Crippen LogP contribution in [0, 0.1) is 0 Å². The third kappa shape index (κ3) is 1.34. The predicted molar refractivity (Wildman–Crippen MR) is 63.8 cm³/mol. The number of fused-ring (bicyclic) bond motifs is 1. The molecule has 2 aromatic heterocycles. The molecule has 4 nitrogen and oxygen atoms in total. The molecule has 0 saturated heterocycles. The first-order valence-corrected chi connectivity index (χ1v) is 6.77. The van der Waals surface area contributed by atoms with Crippen molar-refractivity contribution in [1.82, 2.24) is 19.6 Å². The SMILES string of the molecule is CCC1(c2ncc3cnc(SC)nn23)CC1. The lowest BCUT2D eigenvalue weighted by atomic mass is 10.0. The van der Waals surface area contributed by atoms with E-state index in [0.29, 0.717) is 0 Å². The average molecular weight is 234 g/mol. The summed E-state index contributed by atoms with van der Waals surface area (Å²) in [6, 6.07) is 0. The van der Waals surface area contributed by atoms with Crippen molar-refractivity contribution < 1.29 is 0 Å². The minimum atomic E-state index is 0.288. The van der Waals surface area contributed by atoms with Crippen LogP contribution in [-0.4, -0.2) is 25.8 Å². The van der Waals surface area contributed by atoms with Gasteiger partial charge in [-0.1, -0.05) is 18.7 Å². The highest BCUT2D eigenvalue weighted by Gasteiger charge is 2.46. The molecule has 0 aromatic carbocycles. The smallest absolute Gasteiger partial charge is 0.207 e. The quantitative estimate of drug-likeness (QED) is 0.764. The van der Waals surface area contributed by atoms with E-state index < -0.39 is 0 Å². The van der Waals surface area contributed by atoms with Crippen molar-refractivity contribution in [3.63, 3.8) is 0 Å². The molecule has 0 N–H and O–H groups in total. The van der Waals surface area contributed by atoms with Gasteiger partial charge in [0.1, 0.15) is 11.3 Å². The minimum absolute atomic E-state index is 0.288. The molecule has 0 unspecified atom stereocenters. The average Bonchev–Trinajstić information content (AvgIpc) is 3.02. The number of hydrogen-bond donors (Lipinski definition) is 0. The van der Waals surface area contributed by atoms with E-state index in [1.54, 1.807) is 11.8 Å². The van der Waals surface area contributed by atoms with Crippen LogP contribution in [0.1, 0.15) is 32.0 Å². The van der Waals surface area contributed by atoms with E-state index in [4.69, 9.17) is 0 Å². The van der Waals surface area contributed by atoms with Crippen LogP contribution in [-0.2, 0) is 5.41 Å². The molecular formula is C11H14N4S. The maximum Gasteiger partial charge on any atom is 0.207 e. The van der Waals surface area contributed by atoms with Crippen LogP contribution >= 0.6 is 11.8 Å². The summed E-state index contributed by atoms with van der Waals surface area (Å²) in [6.45, 7) is 2.23. The minimum Gasteiger partial charge on any atom is -0.238 e. The molecule has 1 aliphatic rings. The van der Waals surface area contributed by atoms with Gasteiger partial charge in [-0.3, -0.25) is 0 Å². The van der Waals surface area contributed by atoms with Crippen LogP contribution in [0.15, 0.2) is 17.6 Å². The van der Waals surface area contributed by atoms with Crippen molar-refractivity contribution in [2.24, 2.45) is 0 Å². The van der Waals surface area contributed by atoms with Gasteiger partial charge < -0.3 is 0 Å². The molecule has 16 heavy (non-hydrogen) atoms. The molecule has 0 amide bonds. The summed E-state index contributed by atoms with van der Waals surface area (Å²) >= 11 is 1.56. The largest absolute Gasteiger partial charge is 0.238 e. The predicted octanol–water partition coefficient (Wildman–Crippen LogP) is 2.29. The van der Waals surface area contributed by atoms with Gasteiger partial charge in [0, 0.05) is 5.41 Å². The number of hydrogen-bond acceptors (Lipinski definition) is 4. The van der Waals surface area contributed by atoms with Gasteiger partial charge in [0.2, 0.25) is 5.16 Å². The Bertz CT molecular complexity index is 530. The highest BCUT2D eigenvalue weighted by Crippen LogP contribution is 2.49. The van der Waals surface area contributed by atoms with E-state index in [0.717, 1.165) is 22.9 Å². The molecule has 2 heterocycles. The first-order valence-electron chi connectivity index (χ1n) is 5.54. The fourth-order valence-electron chi connectivity index (χ4n) is 2.13. The number of aromatic nitrogens is 4. The Labute approximate surface area is 98.5 Å². The highest BCUT2D eigenvalue weighted by atomic mass is 32.2. The maximum absolute atomic E-state index is 4.53. The fraction of sp³-hybridized carbons (Fsp3) is 0.545. The van der Waals surface area contributed by atoms with E-state index >= 15 is 0 Å². The normalized spacial score (nSPS) is 17.9. The van der Waals surface area contributed by atoms with Crippen LogP contribution in [0.25, 0.3) is 5.52 Å². The Balaban J connectivity index is 2.18. The molecule has 84 valence electrons. The summed E-state index contributed by atoms with van der Waals surface area (Å²) in [7, 11) is 0. The fourth-order valence-corrected chi connectivity index (χ4v) is 2.45. The molecule has 2 aromatic rings. The molecule has 0 spiro atoms. The summed E-state index contributed by atoms with van der Waals surface area (Å²) in [6.07, 6.45) is 9.33. The van der Waals surface area contributed by atoms with Crippen LogP contribution < -0.4 is 0 Å². The first kappa shape index (κ1) is 10.1. The van der Waals surface area contributed by atoms with Crippen molar-refractivity contribution >= 4 is 17.3 Å². The van der Waals surface area contributed by atoms with Crippen LogP contribution in [0.2, 0.25) is 0 Å². The van der Waals surface area contributed by atoms with Gasteiger partial charge in [-0.2, -0.15) is 0 Å². The molecule has 5 heteroatoms. The standard InChI is InChI=1S/C11H14N4S/c1-3-11(4-5-11)9-12-6-8-7-13-10(16-2)14-15(8)9/h6-7H,3-5H2,1-2H3. The van der Waals surface area contributed by atoms with Gasteiger partial charge in [0.15, 0.2) is 0 Å². The summed E-state index contributed by atoms with van der Waals surface area (Å²) in [5, 5.41) is 5.32. The van der Waals surface area contributed by atoms with Crippen molar-refractivity contribution in [3.8, 4) is 0 Å². The van der Waals surface area contributed by atoms with Crippen LogP contribution in [0.3, 0.4) is 0 Å². The monoisotopic (exact) mass is 234 g/mol. The Kier molecular flexibility index (Phi) is 2.17. The van der Waals surface area contributed by atoms with Crippen molar-refractivity contribution in [3.05, 3.63) is 18.2 Å². The number of rotatable bonds is 3. The van der Waals surface area contributed by atoms with E-state index in [1.165, 1.54) is 12.8 Å². The van der Waals surface area contributed by atoms with E-state index in [-0.39, 0.29) is 5.41 Å². The van der Waals surface area contributed by atoms with Gasteiger partial charge in [-0.25, -0.2) is 14.5 Å². The van der Waals surface area contributed by atoms with Crippen molar-refractivity contribution in [2.45, 2.75) is 36.8 Å². The molecule has 1 saturated carbocycles. The molecule has 0 bridgehead atoms. The molecule has 1 aliphatic carbocycles. The third-order valence-electron chi connectivity index (χ3n) is 3.44. The van der Waals surface area contributed by atoms with Crippen molar-refractivity contribution in [2.75, 3.05) is 6.26 Å². The summed E-state index contributed by atoms with van der Waals surface area (Å²) in [5.41, 5.74) is 1.28. The van der Waals surface area contributed by atoms with Crippen LogP contribution in [0.4, 0.5) is 0 Å². The summed E-state index contributed by atoms with van der Waals surface area (Å²) < 4.78 is 1.97. The van der Waals surface area contributed by atoms with E-state index in [1.807, 2.05) is 23.2 Å². The Morgan fingerprint density at radius 2 is 2.12 bits per heavy atom. The zero-order chi connectivity index (χ0) is 11.2. The molecule has 3 rings (SSSR count). The van der Waals surface area contributed by atoms with E-state index in [2.05, 4.69) is 22.0 Å². The zero-order valence-corrected chi connectivity index (χ0v) is 10.3.